The van der Waals surface area contributed by atoms with Gasteiger partial charge in [-0.15, -0.1) is 0 Å². The van der Waals surface area contributed by atoms with Crippen LogP contribution in [0.1, 0.15) is 44.9 Å². The predicted molar refractivity (Wildman–Crippen MR) is 80.1 cm³/mol. The summed E-state index contributed by atoms with van der Waals surface area (Å²) in [5, 5.41) is 9.03. The molecule has 7 heteroatoms. The van der Waals surface area contributed by atoms with Gasteiger partial charge in [0.2, 0.25) is 5.91 Å². The Hall–Kier alpha value is -1.63. The van der Waals surface area contributed by atoms with Gasteiger partial charge in [0.15, 0.2) is 0 Å². The third kappa shape index (κ3) is 2.95. The van der Waals surface area contributed by atoms with Crippen molar-refractivity contribution in [2.75, 3.05) is 19.6 Å². The third-order valence-electron chi connectivity index (χ3n) is 4.93. The second-order valence-corrected chi connectivity index (χ2v) is 6.54. The molecule has 0 aromatic carbocycles. The zero-order chi connectivity index (χ0) is 15.6. The van der Waals surface area contributed by atoms with Gasteiger partial charge >= 0.3 is 6.03 Å². The maximum Gasteiger partial charge on any atom is 0.325 e. The summed E-state index contributed by atoms with van der Waals surface area (Å²) in [5.41, 5.74) is -0.680. The second-order valence-electron chi connectivity index (χ2n) is 6.54. The number of piperidine rings is 1. The van der Waals surface area contributed by atoms with Crippen LogP contribution in [-0.2, 0) is 9.59 Å². The predicted octanol–water partition coefficient (Wildman–Crippen LogP) is 0.109. The fraction of sp³-hybridized carbons (Fsp3) is 0.800. The van der Waals surface area contributed by atoms with E-state index in [1.807, 2.05) is 0 Å². The van der Waals surface area contributed by atoms with Crippen LogP contribution in [0, 0.1) is 0 Å². The molecule has 2 heterocycles. The topological polar surface area (TPSA) is 90.5 Å². The Balaban J connectivity index is 1.49. The van der Waals surface area contributed by atoms with Gasteiger partial charge in [-0.3, -0.25) is 14.5 Å². The van der Waals surface area contributed by atoms with Gasteiger partial charge in [-0.1, -0.05) is 12.8 Å². The van der Waals surface area contributed by atoms with Crippen molar-refractivity contribution in [3.8, 4) is 0 Å². The van der Waals surface area contributed by atoms with Crippen LogP contribution in [0.4, 0.5) is 4.79 Å². The molecule has 1 unspecified atom stereocenters. The Labute approximate surface area is 130 Å². The summed E-state index contributed by atoms with van der Waals surface area (Å²) in [5.74, 6) is -0.246. The van der Waals surface area contributed by atoms with E-state index in [1.54, 1.807) is 0 Å². The van der Waals surface area contributed by atoms with E-state index in [9.17, 15) is 14.4 Å². The van der Waals surface area contributed by atoms with E-state index in [-0.39, 0.29) is 36.9 Å². The van der Waals surface area contributed by atoms with Crippen LogP contribution < -0.4 is 16.0 Å². The molecule has 0 aromatic rings. The molecule has 122 valence electrons. The normalized spacial score (nSPS) is 27.3. The number of amides is 4. The molecular formula is C15H24N4O3. The zero-order valence-corrected chi connectivity index (χ0v) is 12.8. The lowest BCUT2D eigenvalue weighted by Crippen LogP contribution is -2.46. The first-order valence-electron chi connectivity index (χ1n) is 8.25. The monoisotopic (exact) mass is 308 g/mol. The van der Waals surface area contributed by atoms with Gasteiger partial charge in [-0.05, 0) is 32.2 Å². The van der Waals surface area contributed by atoms with Crippen LogP contribution in [0.5, 0.6) is 0 Å². The van der Waals surface area contributed by atoms with Crippen LogP contribution in [0.3, 0.4) is 0 Å². The fourth-order valence-electron chi connectivity index (χ4n) is 3.68. The number of nitrogens with zero attached hydrogens (tertiary/aromatic N) is 1. The highest BCUT2D eigenvalue weighted by Gasteiger charge is 2.52. The van der Waals surface area contributed by atoms with Crippen LogP contribution in [-0.4, -0.2) is 54.0 Å². The molecule has 22 heavy (non-hydrogen) atoms. The van der Waals surface area contributed by atoms with Gasteiger partial charge < -0.3 is 16.0 Å². The van der Waals surface area contributed by atoms with Crippen molar-refractivity contribution in [1.82, 2.24) is 20.9 Å². The number of urea groups is 1. The molecule has 7 nitrogen and oxygen atoms in total. The van der Waals surface area contributed by atoms with Crippen LogP contribution in [0.2, 0.25) is 0 Å². The number of carbonyl (C=O) groups excluding carboxylic acids is 3. The van der Waals surface area contributed by atoms with Gasteiger partial charge in [0, 0.05) is 25.6 Å². The summed E-state index contributed by atoms with van der Waals surface area (Å²) in [6.45, 7) is 1.95. The molecule has 0 radical (unpaired) electrons. The molecular weight excluding hydrogens is 284 g/mol. The second kappa shape index (κ2) is 6.24. The Morgan fingerprint density at radius 2 is 2.05 bits per heavy atom. The van der Waals surface area contributed by atoms with E-state index in [0.717, 1.165) is 38.8 Å². The fourth-order valence-corrected chi connectivity index (χ4v) is 3.68. The molecule has 1 spiro atoms. The lowest BCUT2D eigenvalue weighted by molar-refractivity contribution is -0.131. The largest absolute Gasteiger partial charge is 0.352 e. The number of imide groups is 1. The van der Waals surface area contributed by atoms with Crippen molar-refractivity contribution in [3.63, 3.8) is 0 Å². The molecule has 3 N–H and O–H groups in total. The van der Waals surface area contributed by atoms with E-state index in [4.69, 9.17) is 0 Å². The van der Waals surface area contributed by atoms with Crippen LogP contribution in [0.15, 0.2) is 0 Å². The Morgan fingerprint density at radius 3 is 2.73 bits per heavy atom. The molecule has 1 atom stereocenters. The highest BCUT2D eigenvalue weighted by molar-refractivity contribution is 6.07. The number of hydrogen-bond donors (Lipinski definition) is 3. The third-order valence-corrected chi connectivity index (χ3v) is 4.93. The summed E-state index contributed by atoms with van der Waals surface area (Å²) in [6, 6.07) is -0.190. The molecule has 3 fully saturated rings. The average Bonchev–Trinajstić information content (AvgIpc) is 3.06. The van der Waals surface area contributed by atoms with Crippen molar-refractivity contribution in [1.29, 1.82) is 0 Å². The minimum Gasteiger partial charge on any atom is -0.352 e. The maximum atomic E-state index is 12.4. The molecule has 3 aliphatic rings. The minimum atomic E-state index is -0.680. The Kier molecular flexibility index (Phi) is 4.33. The van der Waals surface area contributed by atoms with Crippen LogP contribution >= 0.6 is 0 Å². The lowest BCUT2D eigenvalue weighted by atomic mass is 9.98. The summed E-state index contributed by atoms with van der Waals surface area (Å²) >= 11 is 0. The first-order valence-corrected chi connectivity index (χ1v) is 8.25. The molecule has 2 saturated heterocycles. The molecule has 3 rings (SSSR count). The first-order chi connectivity index (χ1) is 10.6. The molecule has 4 amide bonds. The standard InChI is InChI=1S/C15H24N4O3/c20-12(17-11-4-3-8-16-10-11)5-9-19-13(21)15(18-14(19)22)6-1-2-7-15/h11,16H,1-10H2,(H,17,20)(H,18,22). The van der Waals surface area contributed by atoms with Gasteiger partial charge in [0.1, 0.15) is 5.54 Å². The van der Waals surface area contributed by atoms with Gasteiger partial charge in [-0.25, -0.2) is 4.79 Å². The van der Waals surface area contributed by atoms with Crippen molar-refractivity contribution in [2.24, 2.45) is 0 Å². The molecule has 1 aliphatic carbocycles. The van der Waals surface area contributed by atoms with Crippen molar-refractivity contribution in [3.05, 3.63) is 0 Å². The smallest absolute Gasteiger partial charge is 0.325 e. The van der Waals surface area contributed by atoms with E-state index >= 15 is 0 Å². The number of carbonyl (C=O) groups is 3. The van der Waals surface area contributed by atoms with Crippen molar-refractivity contribution in [2.45, 2.75) is 56.5 Å². The highest BCUT2D eigenvalue weighted by atomic mass is 16.2. The van der Waals surface area contributed by atoms with Gasteiger partial charge in [0.05, 0.1) is 0 Å². The number of nitrogens with one attached hydrogen (secondary N) is 3. The molecule has 0 bridgehead atoms. The summed E-state index contributed by atoms with van der Waals surface area (Å²) in [7, 11) is 0. The minimum absolute atomic E-state index is 0.0957. The quantitative estimate of drug-likeness (QED) is 0.643. The van der Waals surface area contributed by atoms with Crippen LogP contribution in [0.25, 0.3) is 0 Å². The summed E-state index contributed by atoms with van der Waals surface area (Å²) in [6.07, 6.45) is 5.57. The maximum absolute atomic E-state index is 12.4. The van der Waals surface area contributed by atoms with E-state index in [2.05, 4.69) is 16.0 Å². The first kappa shape index (κ1) is 15.3. The van der Waals surface area contributed by atoms with Gasteiger partial charge in [0.25, 0.3) is 5.91 Å². The van der Waals surface area contributed by atoms with E-state index in [1.165, 1.54) is 4.90 Å². The number of hydrogen-bond acceptors (Lipinski definition) is 4. The Bertz CT molecular complexity index is 467. The highest BCUT2D eigenvalue weighted by Crippen LogP contribution is 2.34. The number of rotatable bonds is 4. The summed E-state index contributed by atoms with van der Waals surface area (Å²) < 4.78 is 0. The van der Waals surface area contributed by atoms with Crippen molar-refractivity contribution < 1.29 is 14.4 Å². The zero-order valence-electron chi connectivity index (χ0n) is 12.8. The van der Waals surface area contributed by atoms with Gasteiger partial charge in [-0.2, -0.15) is 0 Å². The van der Waals surface area contributed by atoms with E-state index < -0.39 is 5.54 Å². The average molecular weight is 308 g/mol. The molecule has 0 aromatic heterocycles. The Morgan fingerprint density at radius 1 is 1.27 bits per heavy atom. The van der Waals surface area contributed by atoms with Crippen molar-refractivity contribution >= 4 is 17.8 Å². The lowest BCUT2D eigenvalue weighted by Gasteiger charge is -2.24. The SMILES string of the molecule is O=C(CCN1C(=O)NC2(CCCC2)C1=O)NC1CCCNC1. The van der Waals surface area contributed by atoms with E-state index in [0.29, 0.717) is 12.8 Å². The summed E-state index contributed by atoms with van der Waals surface area (Å²) in [4.78, 5) is 37.6. The molecule has 1 saturated carbocycles. The molecule has 2 aliphatic heterocycles.